The van der Waals surface area contributed by atoms with Crippen molar-refractivity contribution in [3.8, 4) is 0 Å². The quantitative estimate of drug-likeness (QED) is 0.835. The zero-order valence-electron chi connectivity index (χ0n) is 17.7. The van der Waals surface area contributed by atoms with E-state index >= 15 is 0 Å². The van der Waals surface area contributed by atoms with E-state index in [1.165, 1.54) is 0 Å². The highest BCUT2D eigenvalue weighted by atomic mass is 16.4. The molecule has 0 fully saturated rings. The Kier molecular flexibility index (Phi) is 6.82. The maximum atomic E-state index is 12.7. The molecule has 148 valence electrons. The van der Waals surface area contributed by atoms with E-state index in [1.54, 1.807) is 24.3 Å². The van der Waals surface area contributed by atoms with Gasteiger partial charge in [0.25, 0.3) is 0 Å². The first-order valence-corrected chi connectivity index (χ1v) is 9.16. The smallest absolute Gasteiger partial charge is 0.340 e. The molecule has 0 aromatic carbocycles. The molecule has 0 atom stereocenters. The van der Waals surface area contributed by atoms with Crippen LogP contribution in [-0.2, 0) is 10.2 Å². The van der Waals surface area contributed by atoms with E-state index in [1.807, 2.05) is 54.5 Å². The zero-order chi connectivity index (χ0) is 21.0. The molecule has 0 aliphatic heterocycles. The molecule has 1 N–H and O–H groups in total. The van der Waals surface area contributed by atoms with E-state index < -0.39 is 16.5 Å². The molecule has 0 saturated heterocycles. The lowest BCUT2D eigenvalue weighted by Gasteiger charge is -2.35. The number of hydrogen-bond donors (Lipinski definition) is 1. The molecule has 0 unspecified atom stereocenters. The SMILES string of the molecule is C=C/C=c1/cc(C(C)(C)CC(C)(C)C(=O)NC(C)(C)C)c(=O)o/c1=C/C=C. The summed E-state index contributed by atoms with van der Waals surface area (Å²) in [6.45, 7) is 20.9. The summed E-state index contributed by atoms with van der Waals surface area (Å²) in [5.41, 5.74) is -0.951. The first-order chi connectivity index (χ1) is 12.2. The van der Waals surface area contributed by atoms with Crippen LogP contribution in [0.3, 0.4) is 0 Å². The van der Waals surface area contributed by atoms with Crippen molar-refractivity contribution in [1.82, 2.24) is 5.32 Å². The van der Waals surface area contributed by atoms with Crippen molar-refractivity contribution >= 4 is 18.1 Å². The van der Waals surface area contributed by atoms with Gasteiger partial charge < -0.3 is 9.73 Å². The van der Waals surface area contributed by atoms with E-state index in [0.29, 0.717) is 17.4 Å². The van der Waals surface area contributed by atoms with Gasteiger partial charge in [0.2, 0.25) is 5.91 Å². The number of carbonyl (C=O) groups excluding carboxylic acids is 1. The Bertz CT molecular complexity index is 893. The number of hydrogen-bond acceptors (Lipinski definition) is 3. The minimum Gasteiger partial charge on any atom is -0.423 e. The highest BCUT2D eigenvalue weighted by Crippen LogP contribution is 2.35. The number of rotatable bonds is 6. The topological polar surface area (TPSA) is 59.3 Å². The molecule has 4 heteroatoms. The van der Waals surface area contributed by atoms with Gasteiger partial charge in [0.15, 0.2) is 0 Å². The fourth-order valence-electron chi connectivity index (χ4n) is 3.26. The summed E-state index contributed by atoms with van der Waals surface area (Å²) in [6.07, 6.45) is 7.14. The number of amides is 1. The molecule has 4 nitrogen and oxygen atoms in total. The van der Waals surface area contributed by atoms with E-state index in [4.69, 9.17) is 4.42 Å². The molecule has 27 heavy (non-hydrogen) atoms. The Morgan fingerprint density at radius 2 is 1.63 bits per heavy atom. The standard InChI is InChI=1S/C23H33NO3/c1-10-12-16-14-17(19(25)27-18(16)13-11-2)22(6,7)15-23(8,9)20(26)24-21(3,4)5/h10-14H,1-2,15H2,3-9H3,(H,24,26)/b16-12-,18-13+. The lowest BCUT2D eigenvalue weighted by atomic mass is 9.71. The van der Waals surface area contributed by atoms with Crippen LogP contribution in [0.15, 0.2) is 40.6 Å². The Morgan fingerprint density at radius 1 is 1.07 bits per heavy atom. The van der Waals surface area contributed by atoms with Crippen LogP contribution in [0, 0.1) is 5.41 Å². The van der Waals surface area contributed by atoms with Crippen molar-refractivity contribution < 1.29 is 9.21 Å². The van der Waals surface area contributed by atoms with Crippen LogP contribution in [0.1, 0.15) is 60.5 Å². The predicted molar refractivity (Wildman–Crippen MR) is 113 cm³/mol. The number of nitrogens with one attached hydrogen (secondary N) is 1. The second-order valence-corrected chi connectivity index (χ2v) is 9.22. The van der Waals surface area contributed by atoms with Gasteiger partial charge in [-0.1, -0.05) is 59.1 Å². The Balaban J connectivity index is 3.41. The Morgan fingerprint density at radius 3 is 2.11 bits per heavy atom. The molecular formula is C23H33NO3. The van der Waals surface area contributed by atoms with Gasteiger partial charge in [-0.3, -0.25) is 4.79 Å². The van der Waals surface area contributed by atoms with Gasteiger partial charge in [-0.25, -0.2) is 4.79 Å². The van der Waals surface area contributed by atoms with Gasteiger partial charge in [-0.05, 0) is 44.7 Å². The summed E-state index contributed by atoms with van der Waals surface area (Å²) in [5.74, 6) is -0.0399. The maximum absolute atomic E-state index is 12.7. The van der Waals surface area contributed by atoms with Crippen LogP contribution in [0.4, 0.5) is 0 Å². The van der Waals surface area contributed by atoms with Gasteiger partial charge in [-0.15, -0.1) is 0 Å². The lowest BCUT2D eigenvalue weighted by molar-refractivity contribution is -0.131. The zero-order valence-corrected chi connectivity index (χ0v) is 17.7. The molecule has 1 aromatic rings. The highest BCUT2D eigenvalue weighted by molar-refractivity contribution is 5.82. The lowest BCUT2D eigenvalue weighted by Crippen LogP contribution is -2.49. The fraction of sp³-hybridized carbons (Fsp3) is 0.478. The number of carbonyl (C=O) groups is 1. The molecular weight excluding hydrogens is 338 g/mol. The fourth-order valence-corrected chi connectivity index (χ4v) is 3.26. The molecule has 0 bridgehead atoms. The summed E-state index contributed by atoms with van der Waals surface area (Å²) >= 11 is 0. The predicted octanol–water partition coefficient (Wildman–Crippen LogP) is 3.18. The average Bonchev–Trinajstić information content (AvgIpc) is 2.47. The van der Waals surface area contributed by atoms with E-state index in [9.17, 15) is 9.59 Å². The molecule has 0 saturated carbocycles. The second-order valence-electron chi connectivity index (χ2n) is 9.22. The Labute approximate surface area is 162 Å². The molecule has 1 aromatic heterocycles. The van der Waals surface area contributed by atoms with E-state index in [2.05, 4.69) is 18.5 Å². The first kappa shape index (κ1) is 22.7. The summed E-state index contributed by atoms with van der Waals surface area (Å²) < 4.78 is 5.51. The van der Waals surface area contributed by atoms with Crippen LogP contribution in [0.25, 0.3) is 12.2 Å². The normalized spacial score (nSPS) is 14.2. The number of allylic oxidation sites excluding steroid dienone is 2. The minimum absolute atomic E-state index is 0.0399. The first-order valence-electron chi connectivity index (χ1n) is 9.16. The van der Waals surface area contributed by atoms with E-state index in [-0.39, 0.29) is 11.4 Å². The molecule has 0 aliphatic rings. The van der Waals surface area contributed by atoms with Crippen molar-refractivity contribution in [2.75, 3.05) is 0 Å². The van der Waals surface area contributed by atoms with Gasteiger partial charge >= 0.3 is 5.63 Å². The van der Waals surface area contributed by atoms with Crippen molar-refractivity contribution in [3.63, 3.8) is 0 Å². The van der Waals surface area contributed by atoms with Crippen molar-refractivity contribution in [2.45, 2.75) is 65.8 Å². The van der Waals surface area contributed by atoms with Crippen LogP contribution in [0.2, 0.25) is 0 Å². The summed E-state index contributed by atoms with van der Waals surface area (Å²) in [5, 5.41) is 3.78. The summed E-state index contributed by atoms with van der Waals surface area (Å²) in [7, 11) is 0. The third-order valence-corrected chi connectivity index (χ3v) is 4.29. The average molecular weight is 372 g/mol. The molecule has 1 rings (SSSR count). The van der Waals surface area contributed by atoms with Crippen molar-refractivity contribution in [1.29, 1.82) is 0 Å². The van der Waals surface area contributed by atoms with E-state index in [0.717, 1.165) is 5.22 Å². The summed E-state index contributed by atoms with van der Waals surface area (Å²) in [6, 6.07) is 1.82. The molecule has 1 heterocycles. The second kappa shape index (κ2) is 8.12. The Hall–Kier alpha value is -2.36. The van der Waals surface area contributed by atoms with Gasteiger partial charge in [0.1, 0.15) is 5.42 Å². The summed E-state index contributed by atoms with van der Waals surface area (Å²) in [4.78, 5) is 25.4. The molecule has 0 radical (unpaired) electrons. The van der Waals surface area contributed by atoms with Crippen LogP contribution in [0.5, 0.6) is 0 Å². The minimum atomic E-state index is -0.655. The molecule has 1 amide bonds. The molecule has 0 spiro atoms. The monoisotopic (exact) mass is 371 g/mol. The maximum Gasteiger partial charge on any atom is 0.340 e. The largest absolute Gasteiger partial charge is 0.423 e. The van der Waals surface area contributed by atoms with Crippen LogP contribution < -0.4 is 21.6 Å². The third kappa shape index (κ3) is 6.09. The van der Waals surface area contributed by atoms with Gasteiger partial charge in [0.05, 0.1) is 0 Å². The van der Waals surface area contributed by atoms with Crippen molar-refractivity contribution in [3.05, 3.63) is 58.0 Å². The van der Waals surface area contributed by atoms with Crippen LogP contribution >= 0.6 is 0 Å². The van der Waals surface area contributed by atoms with Crippen molar-refractivity contribution in [2.24, 2.45) is 5.41 Å². The van der Waals surface area contributed by atoms with Gasteiger partial charge in [-0.2, -0.15) is 0 Å². The van der Waals surface area contributed by atoms with Crippen LogP contribution in [-0.4, -0.2) is 11.4 Å². The highest BCUT2D eigenvalue weighted by Gasteiger charge is 2.38. The molecule has 0 aliphatic carbocycles. The van der Waals surface area contributed by atoms with Gasteiger partial charge in [0, 0.05) is 21.7 Å². The third-order valence-electron chi connectivity index (χ3n) is 4.29.